The third-order valence-electron chi connectivity index (χ3n) is 4.21. The number of halogens is 1. The topological polar surface area (TPSA) is 42.5 Å². The van der Waals surface area contributed by atoms with Crippen molar-refractivity contribution in [3.63, 3.8) is 0 Å². The number of nitrogen functional groups attached to an aromatic ring is 1. The van der Waals surface area contributed by atoms with E-state index in [0.717, 1.165) is 51.8 Å². The van der Waals surface area contributed by atoms with E-state index in [2.05, 4.69) is 5.32 Å². The Bertz CT molecular complexity index is 779. The van der Waals surface area contributed by atoms with Gasteiger partial charge in [-0.15, -0.1) is 0 Å². The number of nitrogens with two attached hydrogens (primary N) is 1. The molecule has 0 aliphatic heterocycles. The summed E-state index contributed by atoms with van der Waals surface area (Å²) in [4.78, 5) is 0. The van der Waals surface area contributed by atoms with Crippen molar-refractivity contribution in [2.75, 3.05) is 5.32 Å². The van der Waals surface area contributed by atoms with Crippen LogP contribution in [0.5, 0.6) is 0 Å². The predicted molar refractivity (Wildman–Crippen MR) is 105 cm³/mol. The molecule has 3 rings (SSSR count). The maximum Gasteiger partial charge on any atom is 0.154 e. The molecule has 0 bridgehead atoms. The molecule has 128 valence electrons. The fraction of sp³-hybridized carbons (Fsp3) is 0.143. The Labute approximate surface area is 154 Å². The lowest BCUT2D eigenvalue weighted by Crippen LogP contribution is -3.08. The quantitative estimate of drug-likeness (QED) is 0.556. The van der Waals surface area contributed by atoms with Crippen molar-refractivity contribution >= 4 is 23.0 Å². The standard InChI is InChI=1S/C21H22ClN3/c22-21-17(14-15-25(23)20-12-5-2-6-13-20)8-7-9-18(21)16-24-19-10-3-1-4-11-19/h1-6,10-16,24H,7-9,23H2/p+1/b15-14?,18-16+. The molecule has 2 aromatic rings. The minimum atomic E-state index is 0.746. The minimum absolute atomic E-state index is 0.746. The van der Waals surface area contributed by atoms with E-state index in [9.17, 15) is 0 Å². The fourth-order valence-electron chi connectivity index (χ4n) is 2.81. The predicted octanol–water partition coefficient (Wildman–Crippen LogP) is 4.26. The molecule has 0 heterocycles. The second kappa shape index (κ2) is 8.67. The van der Waals surface area contributed by atoms with Crippen LogP contribution < -0.4 is 16.2 Å². The van der Waals surface area contributed by atoms with Gasteiger partial charge >= 0.3 is 0 Å². The molecule has 2 aromatic carbocycles. The van der Waals surface area contributed by atoms with Gasteiger partial charge in [0.15, 0.2) is 5.69 Å². The van der Waals surface area contributed by atoms with Gasteiger partial charge in [0.05, 0.1) is 0 Å². The zero-order chi connectivity index (χ0) is 17.5. The fourth-order valence-corrected chi connectivity index (χ4v) is 3.12. The highest BCUT2D eigenvalue weighted by molar-refractivity contribution is 6.32. The SMILES string of the molecule is N[NH+](C=CC1=C(Cl)/C(=C/Nc2ccccc2)CCC1)c1ccccc1. The van der Waals surface area contributed by atoms with Crippen LogP contribution >= 0.6 is 11.6 Å². The van der Waals surface area contributed by atoms with Crippen molar-refractivity contribution < 1.29 is 5.01 Å². The average Bonchev–Trinajstić information content (AvgIpc) is 2.67. The molecule has 1 aliphatic carbocycles. The monoisotopic (exact) mass is 352 g/mol. The molecule has 0 saturated carbocycles. The lowest BCUT2D eigenvalue weighted by Gasteiger charge is -2.17. The summed E-state index contributed by atoms with van der Waals surface area (Å²) in [5.41, 5.74) is 4.35. The number of anilines is 1. The van der Waals surface area contributed by atoms with Gasteiger partial charge in [-0.1, -0.05) is 48.0 Å². The van der Waals surface area contributed by atoms with Crippen LogP contribution in [0.4, 0.5) is 11.4 Å². The molecule has 1 unspecified atom stereocenters. The Hall–Kier alpha value is -2.33. The first-order valence-corrected chi connectivity index (χ1v) is 8.87. The third-order valence-corrected chi connectivity index (χ3v) is 4.70. The molecule has 3 nitrogen and oxygen atoms in total. The van der Waals surface area contributed by atoms with Crippen molar-refractivity contribution in [1.29, 1.82) is 0 Å². The van der Waals surface area contributed by atoms with E-state index in [1.807, 2.05) is 79.1 Å². The summed E-state index contributed by atoms with van der Waals surface area (Å²) in [5.74, 6) is 6.16. The maximum absolute atomic E-state index is 6.61. The second-order valence-corrected chi connectivity index (χ2v) is 6.41. The van der Waals surface area contributed by atoms with E-state index in [0.29, 0.717) is 0 Å². The first-order chi connectivity index (χ1) is 12.2. The van der Waals surface area contributed by atoms with Gasteiger partial charge < -0.3 is 5.32 Å². The van der Waals surface area contributed by atoms with Gasteiger partial charge in [-0.3, -0.25) is 0 Å². The Kier molecular flexibility index (Phi) is 6.07. The smallest absolute Gasteiger partial charge is 0.154 e. The summed E-state index contributed by atoms with van der Waals surface area (Å²) in [6, 6.07) is 20.1. The molecule has 25 heavy (non-hydrogen) atoms. The lowest BCUT2D eigenvalue weighted by atomic mass is 9.95. The number of nitrogens with one attached hydrogen (secondary N) is 2. The van der Waals surface area contributed by atoms with Crippen LogP contribution in [0.2, 0.25) is 0 Å². The first kappa shape index (κ1) is 17.5. The Morgan fingerprint density at radius 3 is 2.36 bits per heavy atom. The van der Waals surface area contributed by atoms with Gasteiger partial charge in [0.25, 0.3) is 0 Å². The van der Waals surface area contributed by atoms with Gasteiger partial charge in [0.2, 0.25) is 0 Å². The summed E-state index contributed by atoms with van der Waals surface area (Å²) < 4.78 is 0. The third kappa shape index (κ3) is 4.83. The van der Waals surface area contributed by atoms with E-state index in [1.165, 1.54) is 0 Å². The lowest BCUT2D eigenvalue weighted by molar-refractivity contribution is -0.788. The molecule has 0 saturated heterocycles. The van der Waals surface area contributed by atoms with E-state index >= 15 is 0 Å². The second-order valence-electron chi connectivity index (χ2n) is 6.03. The summed E-state index contributed by atoms with van der Waals surface area (Å²) in [6.45, 7) is 0. The molecule has 4 heteroatoms. The van der Waals surface area contributed by atoms with Crippen LogP contribution in [-0.4, -0.2) is 0 Å². The van der Waals surface area contributed by atoms with Gasteiger partial charge in [-0.25, -0.2) is 5.01 Å². The highest BCUT2D eigenvalue weighted by Crippen LogP contribution is 2.32. The summed E-state index contributed by atoms with van der Waals surface area (Å²) >= 11 is 6.61. The van der Waals surface area contributed by atoms with Crippen LogP contribution in [0, 0.1) is 0 Å². The molecule has 0 amide bonds. The van der Waals surface area contributed by atoms with Crippen molar-refractivity contribution in [3.05, 3.63) is 95.3 Å². The molecule has 0 radical (unpaired) electrons. The Balaban J connectivity index is 1.73. The zero-order valence-electron chi connectivity index (χ0n) is 14.1. The highest BCUT2D eigenvalue weighted by atomic mass is 35.5. The van der Waals surface area contributed by atoms with Crippen LogP contribution in [0.25, 0.3) is 0 Å². The van der Waals surface area contributed by atoms with Crippen LogP contribution in [-0.2, 0) is 0 Å². The number of benzene rings is 2. The maximum atomic E-state index is 6.61. The van der Waals surface area contributed by atoms with E-state index in [1.54, 1.807) is 0 Å². The molecular formula is C21H23ClN3+. The van der Waals surface area contributed by atoms with Crippen LogP contribution in [0.1, 0.15) is 19.3 Å². The average molecular weight is 353 g/mol. The number of rotatable bonds is 5. The summed E-state index contributed by atoms with van der Waals surface area (Å²) in [7, 11) is 0. The molecule has 1 aliphatic rings. The molecule has 0 fully saturated rings. The summed E-state index contributed by atoms with van der Waals surface area (Å²) in [6.07, 6.45) is 9.03. The Morgan fingerprint density at radius 1 is 0.960 bits per heavy atom. The van der Waals surface area contributed by atoms with Gasteiger partial charge in [-0.05, 0) is 48.6 Å². The van der Waals surface area contributed by atoms with E-state index < -0.39 is 0 Å². The van der Waals surface area contributed by atoms with E-state index in [4.69, 9.17) is 17.4 Å². The van der Waals surface area contributed by atoms with Crippen molar-refractivity contribution in [2.45, 2.75) is 19.3 Å². The minimum Gasteiger partial charge on any atom is -0.361 e. The number of hydrogen-bond donors (Lipinski definition) is 3. The van der Waals surface area contributed by atoms with Crippen molar-refractivity contribution in [3.8, 4) is 0 Å². The van der Waals surface area contributed by atoms with Gasteiger partial charge in [-0.2, -0.15) is 5.84 Å². The number of allylic oxidation sites excluding steroid dienone is 4. The molecule has 0 spiro atoms. The molecule has 4 N–H and O–H groups in total. The normalized spacial score (nSPS) is 17.9. The van der Waals surface area contributed by atoms with Crippen molar-refractivity contribution in [1.82, 2.24) is 0 Å². The van der Waals surface area contributed by atoms with E-state index in [-0.39, 0.29) is 0 Å². The summed E-state index contributed by atoms with van der Waals surface area (Å²) in [5, 5.41) is 4.89. The van der Waals surface area contributed by atoms with Crippen molar-refractivity contribution in [2.24, 2.45) is 5.84 Å². The molecule has 0 aromatic heterocycles. The zero-order valence-corrected chi connectivity index (χ0v) is 14.8. The molecule has 1 atom stereocenters. The largest absolute Gasteiger partial charge is 0.361 e. The number of para-hydroxylation sites is 2. The van der Waals surface area contributed by atoms with Crippen LogP contribution in [0.3, 0.4) is 0 Å². The number of hydrogen-bond acceptors (Lipinski definition) is 2. The van der Waals surface area contributed by atoms with Gasteiger partial charge in [0, 0.05) is 29.1 Å². The first-order valence-electron chi connectivity index (χ1n) is 8.49. The number of quaternary nitrogens is 1. The Morgan fingerprint density at radius 2 is 1.64 bits per heavy atom. The van der Waals surface area contributed by atoms with Crippen LogP contribution in [0.15, 0.2) is 95.3 Å². The van der Waals surface area contributed by atoms with Gasteiger partial charge in [0.1, 0.15) is 6.20 Å². The highest BCUT2D eigenvalue weighted by Gasteiger charge is 2.15. The molecular weight excluding hydrogens is 330 g/mol.